The lowest BCUT2D eigenvalue weighted by Crippen LogP contribution is -2.36. The van der Waals surface area contributed by atoms with E-state index in [1.165, 1.54) is 0 Å². The van der Waals surface area contributed by atoms with Crippen molar-refractivity contribution in [3.05, 3.63) is 108 Å². The number of amides is 2. The Morgan fingerprint density at radius 3 is 2.08 bits per heavy atom. The SMILES string of the molecule is COc1ccc(CCNC(=O)c2cc(CN(CCc3ccc(OC)cc3)C(=O)COc3ccccc3)on2)cc1. The highest BCUT2D eigenvalue weighted by Gasteiger charge is 2.19. The largest absolute Gasteiger partial charge is 0.497 e. The number of hydrogen-bond acceptors (Lipinski definition) is 7. The molecular formula is C31H33N3O6. The van der Waals surface area contributed by atoms with Gasteiger partial charge in [-0.25, -0.2) is 0 Å². The molecule has 4 aromatic rings. The molecule has 9 nitrogen and oxygen atoms in total. The van der Waals surface area contributed by atoms with Crippen LogP contribution >= 0.6 is 0 Å². The van der Waals surface area contributed by atoms with E-state index < -0.39 is 0 Å². The van der Waals surface area contributed by atoms with Gasteiger partial charge in [-0.15, -0.1) is 0 Å². The Morgan fingerprint density at radius 1 is 0.825 bits per heavy atom. The van der Waals surface area contributed by atoms with Crippen LogP contribution in [0.15, 0.2) is 89.5 Å². The van der Waals surface area contributed by atoms with Crippen LogP contribution in [0.2, 0.25) is 0 Å². The minimum absolute atomic E-state index is 0.126. The van der Waals surface area contributed by atoms with E-state index in [1.807, 2.05) is 66.7 Å². The van der Waals surface area contributed by atoms with Crippen molar-refractivity contribution in [3.8, 4) is 17.2 Å². The van der Waals surface area contributed by atoms with Crippen molar-refractivity contribution >= 4 is 11.8 Å². The molecule has 0 spiro atoms. The molecule has 2 amide bonds. The first kappa shape index (κ1) is 28.2. The van der Waals surface area contributed by atoms with Crippen molar-refractivity contribution in [1.29, 1.82) is 0 Å². The van der Waals surface area contributed by atoms with Gasteiger partial charge in [0.2, 0.25) is 0 Å². The molecule has 0 radical (unpaired) electrons. The molecule has 40 heavy (non-hydrogen) atoms. The van der Waals surface area contributed by atoms with Crippen molar-refractivity contribution in [3.63, 3.8) is 0 Å². The molecule has 0 fully saturated rings. The van der Waals surface area contributed by atoms with Crippen LogP contribution in [0.5, 0.6) is 17.2 Å². The summed E-state index contributed by atoms with van der Waals surface area (Å²) in [6.45, 7) is 0.892. The lowest BCUT2D eigenvalue weighted by atomic mass is 10.1. The monoisotopic (exact) mass is 543 g/mol. The number of nitrogens with zero attached hydrogens (tertiary/aromatic N) is 2. The van der Waals surface area contributed by atoms with Crippen molar-refractivity contribution in [1.82, 2.24) is 15.4 Å². The molecule has 0 aliphatic carbocycles. The molecule has 3 aromatic carbocycles. The first-order chi connectivity index (χ1) is 19.5. The van der Waals surface area contributed by atoms with E-state index in [0.29, 0.717) is 37.4 Å². The third-order valence-corrected chi connectivity index (χ3v) is 6.28. The van der Waals surface area contributed by atoms with Gasteiger partial charge in [-0.05, 0) is 60.4 Å². The highest BCUT2D eigenvalue weighted by Crippen LogP contribution is 2.15. The molecule has 0 saturated carbocycles. The van der Waals surface area contributed by atoms with Crippen LogP contribution in [-0.4, -0.2) is 55.8 Å². The second-order valence-electron chi connectivity index (χ2n) is 9.05. The molecule has 0 saturated heterocycles. The third kappa shape index (κ3) is 8.36. The van der Waals surface area contributed by atoms with Crippen LogP contribution in [-0.2, 0) is 24.2 Å². The molecule has 0 bridgehead atoms. The maximum Gasteiger partial charge on any atom is 0.273 e. The summed E-state index contributed by atoms with van der Waals surface area (Å²) in [5.74, 6) is 2.02. The van der Waals surface area contributed by atoms with Gasteiger partial charge in [0.1, 0.15) is 17.2 Å². The summed E-state index contributed by atoms with van der Waals surface area (Å²) in [4.78, 5) is 27.4. The number of benzene rings is 3. The molecule has 0 aliphatic rings. The highest BCUT2D eigenvalue weighted by molar-refractivity contribution is 5.92. The summed E-state index contributed by atoms with van der Waals surface area (Å²) >= 11 is 0. The Kier molecular flexibility index (Phi) is 10.2. The molecule has 208 valence electrons. The van der Waals surface area contributed by atoms with E-state index in [9.17, 15) is 9.59 Å². The number of hydrogen-bond donors (Lipinski definition) is 1. The van der Waals surface area contributed by atoms with Gasteiger partial charge in [0, 0.05) is 19.2 Å². The first-order valence-corrected chi connectivity index (χ1v) is 13.0. The lowest BCUT2D eigenvalue weighted by Gasteiger charge is -2.21. The number of ether oxygens (including phenoxy) is 3. The van der Waals surface area contributed by atoms with Crippen molar-refractivity contribution in [2.75, 3.05) is 33.9 Å². The summed E-state index contributed by atoms with van der Waals surface area (Å²) < 4.78 is 21.5. The first-order valence-electron chi connectivity index (χ1n) is 13.0. The smallest absolute Gasteiger partial charge is 0.273 e. The number of carbonyl (C=O) groups is 2. The average Bonchev–Trinajstić information content (AvgIpc) is 3.48. The van der Waals surface area contributed by atoms with E-state index in [4.69, 9.17) is 18.7 Å². The van der Waals surface area contributed by atoms with Gasteiger partial charge in [-0.3, -0.25) is 9.59 Å². The number of methoxy groups -OCH3 is 2. The molecular weight excluding hydrogens is 510 g/mol. The van der Waals surface area contributed by atoms with E-state index in [2.05, 4.69) is 10.5 Å². The van der Waals surface area contributed by atoms with Crippen LogP contribution in [0.25, 0.3) is 0 Å². The third-order valence-electron chi connectivity index (χ3n) is 6.28. The van der Waals surface area contributed by atoms with E-state index in [-0.39, 0.29) is 30.7 Å². The van der Waals surface area contributed by atoms with Crippen molar-refractivity contribution in [2.45, 2.75) is 19.4 Å². The summed E-state index contributed by atoms with van der Waals surface area (Å²) in [5.41, 5.74) is 2.29. The van der Waals surface area contributed by atoms with Gasteiger partial charge >= 0.3 is 0 Å². The van der Waals surface area contributed by atoms with E-state index >= 15 is 0 Å². The number of para-hydroxylation sites is 1. The molecule has 1 aromatic heterocycles. The fourth-order valence-electron chi connectivity index (χ4n) is 3.99. The fraction of sp³-hybridized carbons (Fsp3) is 0.258. The summed E-state index contributed by atoms with van der Waals surface area (Å²) in [6, 6.07) is 26.1. The lowest BCUT2D eigenvalue weighted by molar-refractivity contribution is -0.134. The Balaban J connectivity index is 1.35. The molecule has 9 heteroatoms. The van der Waals surface area contributed by atoms with E-state index in [0.717, 1.165) is 22.6 Å². The minimum Gasteiger partial charge on any atom is -0.497 e. The maximum atomic E-state index is 13.1. The number of aromatic nitrogens is 1. The van der Waals surface area contributed by atoms with Crippen molar-refractivity contribution < 1.29 is 28.3 Å². The fourth-order valence-corrected chi connectivity index (χ4v) is 3.99. The second-order valence-corrected chi connectivity index (χ2v) is 9.05. The standard InChI is InChI=1S/C31H33N3O6/c1-37-25-12-8-23(9-13-25)16-18-32-31(36)29-20-28(40-33-29)21-34(19-17-24-10-14-26(38-2)15-11-24)30(35)22-39-27-6-4-3-5-7-27/h3-15,20H,16-19,21-22H2,1-2H3,(H,32,36). The van der Waals surface area contributed by atoms with Crippen molar-refractivity contribution in [2.24, 2.45) is 0 Å². The van der Waals surface area contributed by atoms with Gasteiger partial charge in [0.05, 0.1) is 20.8 Å². The zero-order chi connectivity index (χ0) is 28.2. The van der Waals surface area contributed by atoms with Crippen LogP contribution < -0.4 is 19.5 Å². The maximum absolute atomic E-state index is 13.1. The number of carbonyl (C=O) groups excluding carboxylic acids is 2. The molecule has 0 atom stereocenters. The normalized spacial score (nSPS) is 10.6. The Labute approximate surface area is 233 Å². The minimum atomic E-state index is -0.341. The Morgan fingerprint density at radius 2 is 1.45 bits per heavy atom. The predicted octanol–water partition coefficient (Wildman–Crippen LogP) is 4.31. The number of rotatable bonds is 14. The molecule has 4 rings (SSSR count). The highest BCUT2D eigenvalue weighted by atomic mass is 16.5. The summed E-state index contributed by atoms with van der Waals surface area (Å²) in [6.07, 6.45) is 1.28. The summed E-state index contributed by atoms with van der Waals surface area (Å²) in [7, 11) is 3.24. The van der Waals surface area contributed by atoms with Gasteiger partial charge in [0.25, 0.3) is 11.8 Å². The predicted molar refractivity (Wildman–Crippen MR) is 150 cm³/mol. The topological polar surface area (TPSA) is 103 Å². The Bertz CT molecular complexity index is 1350. The second kappa shape index (κ2) is 14.4. The van der Waals surface area contributed by atoms with Crippen LogP contribution in [0.1, 0.15) is 27.4 Å². The molecule has 0 unspecified atom stereocenters. The van der Waals surface area contributed by atoms with Gasteiger partial charge in [-0.1, -0.05) is 47.6 Å². The Hall–Kier alpha value is -4.79. The van der Waals surface area contributed by atoms with Crippen LogP contribution in [0.3, 0.4) is 0 Å². The zero-order valence-electron chi connectivity index (χ0n) is 22.7. The summed E-state index contributed by atoms with van der Waals surface area (Å²) in [5, 5.41) is 6.78. The molecule has 0 aliphatic heterocycles. The zero-order valence-corrected chi connectivity index (χ0v) is 22.7. The molecule has 1 heterocycles. The van der Waals surface area contributed by atoms with Crippen LogP contribution in [0.4, 0.5) is 0 Å². The van der Waals surface area contributed by atoms with Crippen LogP contribution in [0, 0.1) is 0 Å². The van der Waals surface area contributed by atoms with Gasteiger partial charge in [0.15, 0.2) is 18.1 Å². The number of nitrogens with one attached hydrogen (secondary N) is 1. The molecule has 1 N–H and O–H groups in total. The quantitative estimate of drug-likeness (QED) is 0.253. The van der Waals surface area contributed by atoms with Gasteiger partial charge < -0.3 is 29.0 Å². The van der Waals surface area contributed by atoms with E-state index in [1.54, 1.807) is 37.3 Å². The van der Waals surface area contributed by atoms with Gasteiger partial charge in [-0.2, -0.15) is 0 Å². The average molecular weight is 544 g/mol.